The fraction of sp³-hybridized carbons (Fsp3) is 0.0556. The summed E-state index contributed by atoms with van der Waals surface area (Å²) in [6.07, 6.45) is 1.72. The lowest BCUT2D eigenvalue weighted by atomic mass is 10.1. The summed E-state index contributed by atoms with van der Waals surface area (Å²) < 4.78 is 0. The van der Waals surface area contributed by atoms with Crippen molar-refractivity contribution >= 4 is 22.6 Å². The van der Waals surface area contributed by atoms with Crippen LogP contribution in [0.3, 0.4) is 0 Å². The van der Waals surface area contributed by atoms with Crippen molar-refractivity contribution in [1.29, 1.82) is 5.26 Å². The zero-order valence-electron chi connectivity index (χ0n) is 12.0. The molecule has 0 aliphatic rings. The van der Waals surface area contributed by atoms with E-state index >= 15 is 0 Å². The number of aromatic nitrogens is 2. The molecule has 0 unspecified atom stereocenters. The number of nitrogens with one attached hydrogen (secondary N) is 1. The molecule has 1 heterocycles. The molecule has 0 amide bonds. The zero-order valence-corrected chi connectivity index (χ0v) is 12.0. The fourth-order valence-electron chi connectivity index (χ4n) is 2.29. The number of hydrogen-bond acceptors (Lipinski definition) is 3. The van der Waals surface area contributed by atoms with E-state index in [0.29, 0.717) is 16.5 Å². The Balaban J connectivity index is 2.16. The van der Waals surface area contributed by atoms with Crippen molar-refractivity contribution in [2.75, 3.05) is 0 Å². The maximum atomic E-state index is 12.1. The number of benzene rings is 2. The first kappa shape index (κ1) is 13.8. The Hall–Kier alpha value is -3.19. The molecule has 106 valence electrons. The molecule has 1 aromatic heterocycles. The van der Waals surface area contributed by atoms with Crippen molar-refractivity contribution in [3.05, 3.63) is 75.8 Å². The number of para-hydroxylation sites is 1. The molecule has 0 aliphatic heterocycles. The van der Waals surface area contributed by atoms with Gasteiger partial charge in [0, 0.05) is 0 Å². The molecule has 4 heteroatoms. The van der Waals surface area contributed by atoms with E-state index in [9.17, 15) is 10.1 Å². The lowest BCUT2D eigenvalue weighted by Gasteiger charge is -2.02. The van der Waals surface area contributed by atoms with Crippen LogP contribution < -0.4 is 5.56 Å². The summed E-state index contributed by atoms with van der Waals surface area (Å²) >= 11 is 0. The summed E-state index contributed by atoms with van der Waals surface area (Å²) in [7, 11) is 0. The first-order chi connectivity index (χ1) is 10.7. The zero-order chi connectivity index (χ0) is 15.5. The number of aryl methyl sites for hydroxylation is 1. The molecule has 4 nitrogen and oxygen atoms in total. The molecule has 0 atom stereocenters. The van der Waals surface area contributed by atoms with Gasteiger partial charge in [-0.2, -0.15) is 5.26 Å². The number of fused-ring (bicyclic) bond motifs is 1. The van der Waals surface area contributed by atoms with E-state index in [1.807, 2.05) is 37.3 Å². The Morgan fingerprint density at radius 2 is 2.05 bits per heavy atom. The molecule has 0 spiro atoms. The van der Waals surface area contributed by atoms with E-state index in [2.05, 4.69) is 16.0 Å². The van der Waals surface area contributed by atoms with Crippen molar-refractivity contribution in [1.82, 2.24) is 9.97 Å². The summed E-state index contributed by atoms with van der Waals surface area (Å²) in [5, 5.41) is 9.91. The van der Waals surface area contributed by atoms with Crippen LogP contribution in [0.4, 0.5) is 0 Å². The summed E-state index contributed by atoms with van der Waals surface area (Å²) in [5.41, 5.74) is 2.66. The van der Waals surface area contributed by atoms with Crippen molar-refractivity contribution in [3.8, 4) is 6.07 Å². The first-order valence-electron chi connectivity index (χ1n) is 6.85. The van der Waals surface area contributed by atoms with Crippen molar-refractivity contribution in [2.24, 2.45) is 0 Å². The molecule has 1 N–H and O–H groups in total. The second-order valence-corrected chi connectivity index (χ2v) is 5.02. The van der Waals surface area contributed by atoms with Crippen LogP contribution in [-0.2, 0) is 0 Å². The van der Waals surface area contributed by atoms with Gasteiger partial charge in [-0.05, 0) is 30.7 Å². The smallest absolute Gasteiger partial charge is 0.259 e. The standard InChI is InChI=1S/C18H13N3O/c1-12-5-4-6-13(9-12)10-14(11-19)17-20-16-8-3-2-7-15(16)18(22)21-17/h2-10H,1H3,(H,20,21,22)/b14-10+. The van der Waals surface area contributed by atoms with Gasteiger partial charge in [0.05, 0.1) is 16.5 Å². The Morgan fingerprint density at radius 3 is 2.82 bits per heavy atom. The topological polar surface area (TPSA) is 69.5 Å². The highest BCUT2D eigenvalue weighted by Crippen LogP contribution is 2.16. The highest BCUT2D eigenvalue weighted by atomic mass is 16.1. The maximum absolute atomic E-state index is 12.1. The molecule has 3 aromatic rings. The number of aromatic amines is 1. The van der Waals surface area contributed by atoms with Crippen LogP contribution in [0.5, 0.6) is 0 Å². The molecule has 0 saturated heterocycles. The molecule has 2 aromatic carbocycles. The number of H-pyrrole nitrogens is 1. The Morgan fingerprint density at radius 1 is 1.23 bits per heavy atom. The van der Waals surface area contributed by atoms with E-state index in [0.717, 1.165) is 11.1 Å². The molecular weight excluding hydrogens is 274 g/mol. The number of nitrogens with zero attached hydrogens (tertiary/aromatic N) is 2. The predicted molar refractivity (Wildman–Crippen MR) is 87.0 cm³/mol. The third-order valence-corrected chi connectivity index (χ3v) is 3.34. The molecule has 3 rings (SSSR count). The molecule has 0 aliphatic carbocycles. The van der Waals surface area contributed by atoms with E-state index in [4.69, 9.17) is 0 Å². The van der Waals surface area contributed by atoms with Gasteiger partial charge in [0.15, 0.2) is 5.82 Å². The minimum atomic E-state index is -0.244. The van der Waals surface area contributed by atoms with E-state index in [-0.39, 0.29) is 11.4 Å². The minimum Gasteiger partial charge on any atom is -0.305 e. The third kappa shape index (κ3) is 2.65. The summed E-state index contributed by atoms with van der Waals surface area (Å²) in [6.45, 7) is 1.99. The molecule has 0 fully saturated rings. The molecule has 0 bridgehead atoms. The fourth-order valence-corrected chi connectivity index (χ4v) is 2.29. The van der Waals surface area contributed by atoms with Crippen LogP contribution in [0, 0.1) is 18.3 Å². The van der Waals surface area contributed by atoms with E-state index in [1.165, 1.54) is 0 Å². The number of rotatable bonds is 2. The summed E-state index contributed by atoms with van der Waals surface area (Å²) in [5.74, 6) is 0.285. The Bertz CT molecular complexity index is 977. The van der Waals surface area contributed by atoms with Crippen molar-refractivity contribution < 1.29 is 0 Å². The SMILES string of the molecule is Cc1cccc(/C=C(\C#N)c2nc3ccccc3c(=O)[nH]2)c1. The van der Waals surface area contributed by atoms with Gasteiger partial charge in [-0.25, -0.2) is 4.98 Å². The highest BCUT2D eigenvalue weighted by molar-refractivity contribution is 5.89. The van der Waals surface area contributed by atoms with Gasteiger partial charge in [-0.1, -0.05) is 42.0 Å². The van der Waals surface area contributed by atoms with Crippen LogP contribution in [0.2, 0.25) is 0 Å². The normalized spacial score (nSPS) is 11.4. The lowest BCUT2D eigenvalue weighted by molar-refractivity contribution is 1.13. The average molecular weight is 287 g/mol. The Labute approximate surface area is 127 Å². The number of hydrogen-bond donors (Lipinski definition) is 1. The van der Waals surface area contributed by atoms with Crippen LogP contribution in [0.1, 0.15) is 17.0 Å². The van der Waals surface area contributed by atoms with Gasteiger partial charge in [0.1, 0.15) is 6.07 Å². The van der Waals surface area contributed by atoms with Crippen LogP contribution in [0.25, 0.3) is 22.6 Å². The molecule has 0 radical (unpaired) electrons. The monoisotopic (exact) mass is 287 g/mol. The molecular formula is C18H13N3O. The molecule has 22 heavy (non-hydrogen) atoms. The van der Waals surface area contributed by atoms with Gasteiger partial charge in [0.2, 0.25) is 0 Å². The highest BCUT2D eigenvalue weighted by Gasteiger charge is 2.08. The van der Waals surface area contributed by atoms with Crippen LogP contribution >= 0.6 is 0 Å². The van der Waals surface area contributed by atoms with Gasteiger partial charge in [-0.15, -0.1) is 0 Å². The van der Waals surface area contributed by atoms with Gasteiger partial charge in [0.25, 0.3) is 5.56 Å². The maximum Gasteiger partial charge on any atom is 0.259 e. The summed E-state index contributed by atoms with van der Waals surface area (Å²) in [6, 6.07) is 17.0. The molecule has 0 saturated carbocycles. The van der Waals surface area contributed by atoms with Crippen molar-refractivity contribution in [2.45, 2.75) is 6.92 Å². The largest absolute Gasteiger partial charge is 0.305 e. The van der Waals surface area contributed by atoms with E-state index in [1.54, 1.807) is 24.3 Å². The first-order valence-corrected chi connectivity index (χ1v) is 6.85. The van der Waals surface area contributed by atoms with Crippen molar-refractivity contribution in [3.63, 3.8) is 0 Å². The second-order valence-electron chi connectivity index (χ2n) is 5.02. The number of allylic oxidation sites excluding steroid dienone is 1. The van der Waals surface area contributed by atoms with E-state index < -0.39 is 0 Å². The second kappa shape index (κ2) is 5.66. The minimum absolute atomic E-state index is 0.244. The Kier molecular flexibility index (Phi) is 3.55. The van der Waals surface area contributed by atoms with Gasteiger partial charge < -0.3 is 4.98 Å². The van der Waals surface area contributed by atoms with Crippen LogP contribution in [-0.4, -0.2) is 9.97 Å². The number of nitriles is 1. The van der Waals surface area contributed by atoms with Gasteiger partial charge >= 0.3 is 0 Å². The van der Waals surface area contributed by atoms with Crippen LogP contribution in [0.15, 0.2) is 53.3 Å². The predicted octanol–water partition coefficient (Wildman–Crippen LogP) is 3.30. The third-order valence-electron chi connectivity index (χ3n) is 3.34. The summed E-state index contributed by atoms with van der Waals surface area (Å²) in [4.78, 5) is 19.2. The average Bonchev–Trinajstić information content (AvgIpc) is 2.52. The quantitative estimate of drug-likeness (QED) is 0.735. The lowest BCUT2D eigenvalue weighted by Crippen LogP contribution is -2.11. The van der Waals surface area contributed by atoms with Gasteiger partial charge in [-0.3, -0.25) is 4.79 Å².